The van der Waals surface area contributed by atoms with Gasteiger partial charge in [-0.15, -0.1) is 0 Å². The Morgan fingerprint density at radius 1 is 0.312 bits per heavy atom. The predicted octanol–water partition coefficient (Wildman–Crippen LogP) is 16.4. The van der Waals surface area contributed by atoms with Crippen molar-refractivity contribution in [2.24, 2.45) is 0 Å². The number of rotatable bonds is 7. The Morgan fingerprint density at radius 2 is 0.812 bits per heavy atom. The number of fused-ring (bicyclic) bond motifs is 6. The Bertz CT molecular complexity index is 3560. The molecule has 3 nitrogen and oxygen atoms in total. The monoisotopic (exact) mass is 818 g/mol. The lowest BCUT2D eigenvalue weighted by atomic mass is 9.82. The highest BCUT2D eigenvalue weighted by Gasteiger charge is 2.35. The Hall–Kier alpha value is -8.14. The fourth-order valence-corrected chi connectivity index (χ4v) is 9.72. The minimum absolute atomic E-state index is 0.0410. The normalized spacial score (nSPS) is 12.7. The summed E-state index contributed by atoms with van der Waals surface area (Å²) in [5.74, 6) is 0.681. The van der Waals surface area contributed by atoms with E-state index in [9.17, 15) is 0 Å². The van der Waals surface area contributed by atoms with Crippen LogP contribution in [-0.4, -0.2) is 9.97 Å². The molecule has 0 radical (unpaired) electrons. The summed E-state index contributed by atoms with van der Waals surface area (Å²) in [5.41, 5.74) is 21.0. The summed E-state index contributed by atoms with van der Waals surface area (Å²) in [6, 6.07) is 78.1. The zero-order valence-corrected chi connectivity index (χ0v) is 35.6. The van der Waals surface area contributed by atoms with Gasteiger partial charge in [0.25, 0.3) is 0 Å². The predicted molar refractivity (Wildman–Crippen MR) is 265 cm³/mol. The van der Waals surface area contributed by atoms with Gasteiger partial charge in [0.15, 0.2) is 5.82 Å². The number of nitrogens with zero attached hydrogens (tertiary/aromatic N) is 2. The molecule has 0 amide bonds. The third kappa shape index (κ3) is 6.53. The smallest absolute Gasteiger partial charge is 0.160 e. The van der Waals surface area contributed by atoms with E-state index >= 15 is 0 Å². The van der Waals surface area contributed by atoms with Crippen molar-refractivity contribution in [2.75, 3.05) is 0 Å². The highest BCUT2D eigenvalue weighted by molar-refractivity contribution is 6.06. The molecule has 0 saturated heterocycles. The van der Waals surface area contributed by atoms with Crippen LogP contribution in [-0.2, 0) is 5.41 Å². The van der Waals surface area contributed by atoms with Crippen LogP contribution < -0.4 is 0 Å². The molecule has 1 aliphatic rings. The number of hydrogen-bond donors (Lipinski definition) is 0. The van der Waals surface area contributed by atoms with Crippen LogP contribution in [0.5, 0.6) is 0 Å². The van der Waals surface area contributed by atoms with Crippen LogP contribution in [0, 0.1) is 0 Å². The Morgan fingerprint density at radius 3 is 1.61 bits per heavy atom. The van der Waals surface area contributed by atoms with Crippen LogP contribution >= 0.6 is 0 Å². The summed E-state index contributed by atoms with van der Waals surface area (Å²) < 4.78 is 6.25. The molecule has 2 aromatic heterocycles. The van der Waals surface area contributed by atoms with E-state index in [1.54, 1.807) is 0 Å². The first-order valence-electron chi connectivity index (χ1n) is 22.0. The van der Waals surface area contributed by atoms with E-state index in [0.29, 0.717) is 5.82 Å². The van der Waals surface area contributed by atoms with Crippen LogP contribution in [0.1, 0.15) is 25.0 Å². The summed E-state index contributed by atoms with van der Waals surface area (Å²) in [7, 11) is 0. The van der Waals surface area contributed by atoms with E-state index in [1.165, 1.54) is 38.9 Å². The van der Waals surface area contributed by atoms with Gasteiger partial charge in [-0.05, 0) is 121 Å². The quantitative estimate of drug-likeness (QED) is 0.161. The Labute approximate surface area is 373 Å². The highest BCUT2D eigenvalue weighted by atomic mass is 16.3. The second-order valence-corrected chi connectivity index (χ2v) is 17.4. The van der Waals surface area contributed by atoms with Gasteiger partial charge in [-0.3, -0.25) is 0 Å². The molecule has 0 saturated carbocycles. The first-order chi connectivity index (χ1) is 31.4. The van der Waals surface area contributed by atoms with Crippen molar-refractivity contribution < 1.29 is 4.42 Å². The van der Waals surface area contributed by atoms with E-state index in [2.05, 4.69) is 202 Å². The van der Waals surface area contributed by atoms with E-state index in [-0.39, 0.29) is 5.41 Å². The highest BCUT2D eigenvalue weighted by Crippen LogP contribution is 2.49. The molecule has 0 bridgehead atoms. The lowest BCUT2D eigenvalue weighted by Crippen LogP contribution is -2.14. The first-order valence-corrected chi connectivity index (χ1v) is 22.0. The van der Waals surface area contributed by atoms with Gasteiger partial charge in [-0.1, -0.05) is 178 Å². The maximum Gasteiger partial charge on any atom is 0.160 e. The van der Waals surface area contributed by atoms with Gasteiger partial charge in [-0.2, -0.15) is 0 Å². The average molecular weight is 819 g/mol. The second-order valence-electron chi connectivity index (χ2n) is 17.4. The molecule has 9 aromatic carbocycles. The molecule has 1 aliphatic carbocycles. The number of aromatic nitrogens is 2. The van der Waals surface area contributed by atoms with Crippen molar-refractivity contribution in [2.45, 2.75) is 19.3 Å². The van der Waals surface area contributed by atoms with Crippen molar-refractivity contribution in [3.63, 3.8) is 0 Å². The third-order valence-electron chi connectivity index (χ3n) is 13.1. The SMILES string of the molecule is CC1(C)c2ccccc2-c2cc(-c3cccc(-c4cc(-c5cc(-c6ccc(-c7ccccc7)cc6)cc(-c6ccc7oc8ccccc8c7c6)c5)nc(-c5ccccc5)n4)c3)ccc21. The Balaban J connectivity index is 1.01. The molecule has 0 spiro atoms. The minimum Gasteiger partial charge on any atom is -0.456 e. The summed E-state index contributed by atoms with van der Waals surface area (Å²) in [6.07, 6.45) is 0. The Kier molecular flexibility index (Phi) is 8.84. The molecular weight excluding hydrogens is 777 g/mol. The number of hydrogen-bond acceptors (Lipinski definition) is 3. The summed E-state index contributed by atoms with van der Waals surface area (Å²) in [5, 5.41) is 2.20. The van der Waals surface area contributed by atoms with Crippen LogP contribution in [0.4, 0.5) is 0 Å². The fourth-order valence-electron chi connectivity index (χ4n) is 9.72. The van der Waals surface area contributed by atoms with Crippen molar-refractivity contribution in [1.82, 2.24) is 9.97 Å². The maximum atomic E-state index is 6.25. The molecule has 3 heteroatoms. The standard InChI is InChI=1S/C61H42N2O/c1-61(2)54-22-11-9-20-50(54)52-36-44(28-30-55(52)61)43-18-13-19-46(32-43)56-38-57(63-60(62-56)42-16-7-4-8-17-42)49-34-47(41-26-24-40(25-27-41)39-14-5-3-6-15-39)33-48(35-49)45-29-31-59-53(37-45)51-21-10-12-23-58(51)64-59/h3-38H,1-2H3. The molecule has 0 unspecified atom stereocenters. The molecule has 12 rings (SSSR count). The van der Waals surface area contributed by atoms with Gasteiger partial charge in [0.1, 0.15) is 11.2 Å². The van der Waals surface area contributed by atoms with Gasteiger partial charge in [-0.25, -0.2) is 9.97 Å². The molecule has 0 N–H and O–H groups in total. The van der Waals surface area contributed by atoms with Gasteiger partial charge >= 0.3 is 0 Å². The van der Waals surface area contributed by atoms with Crippen molar-refractivity contribution in [3.8, 4) is 89.5 Å². The molecule has 302 valence electrons. The van der Waals surface area contributed by atoms with Gasteiger partial charge in [0.2, 0.25) is 0 Å². The van der Waals surface area contributed by atoms with Crippen LogP contribution in [0.15, 0.2) is 223 Å². The van der Waals surface area contributed by atoms with Crippen LogP contribution in [0.2, 0.25) is 0 Å². The molecule has 64 heavy (non-hydrogen) atoms. The molecule has 0 fully saturated rings. The second kappa shape index (κ2) is 15.0. The molecule has 0 aliphatic heterocycles. The van der Waals surface area contributed by atoms with Gasteiger partial charge < -0.3 is 4.42 Å². The summed E-state index contributed by atoms with van der Waals surface area (Å²) in [6.45, 7) is 4.66. The summed E-state index contributed by atoms with van der Waals surface area (Å²) >= 11 is 0. The van der Waals surface area contributed by atoms with E-state index in [4.69, 9.17) is 14.4 Å². The number of furan rings is 1. The van der Waals surface area contributed by atoms with Crippen molar-refractivity contribution in [3.05, 3.63) is 230 Å². The van der Waals surface area contributed by atoms with Crippen molar-refractivity contribution in [1.29, 1.82) is 0 Å². The zero-order chi connectivity index (χ0) is 42.8. The first kappa shape index (κ1) is 37.6. The zero-order valence-electron chi connectivity index (χ0n) is 35.6. The topological polar surface area (TPSA) is 38.9 Å². The van der Waals surface area contributed by atoms with Gasteiger partial charge in [0, 0.05) is 32.9 Å². The van der Waals surface area contributed by atoms with Crippen molar-refractivity contribution >= 4 is 21.9 Å². The maximum absolute atomic E-state index is 6.25. The van der Waals surface area contributed by atoms with E-state index < -0.39 is 0 Å². The van der Waals surface area contributed by atoms with E-state index in [0.717, 1.165) is 77.8 Å². The third-order valence-corrected chi connectivity index (χ3v) is 13.1. The molecular formula is C61H42N2O. The fraction of sp³-hybridized carbons (Fsp3) is 0.0492. The average Bonchev–Trinajstić information content (AvgIpc) is 3.85. The largest absolute Gasteiger partial charge is 0.456 e. The molecule has 0 atom stereocenters. The summed E-state index contributed by atoms with van der Waals surface area (Å²) in [4.78, 5) is 10.6. The molecule has 2 heterocycles. The van der Waals surface area contributed by atoms with E-state index in [1.807, 2.05) is 30.3 Å². The van der Waals surface area contributed by atoms with Crippen LogP contribution in [0.3, 0.4) is 0 Å². The lowest BCUT2D eigenvalue weighted by molar-refractivity contribution is 0.660. The van der Waals surface area contributed by atoms with Gasteiger partial charge in [0.05, 0.1) is 11.4 Å². The molecule has 11 aromatic rings. The van der Waals surface area contributed by atoms with Crippen LogP contribution in [0.25, 0.3) is 111 Å². The number of benzene rings is 9. The number of para-hydroxylation sites is 1. The minimum atomic E-state index is -0.0410. The lowest BCUT2D eigenvalue weighted by Gasteiger charge is -2.21.